The zero-order chi connectivity index (χ0) is 30.4. The normalized spacial score (nSPS) is 16.4. The molecule has 0 saturated heterocycles. The van der Waals surface area contributed by atoms with Gasteiger partial charge >= 0.3 is 0 Å². The standard InChI is InChI=1S/C41H50OS/c1-5-16-32(7-3)30-35-25-27-37(35)38-22-15-18-31(4)36(38)21-13-8-9-14-29-42-40-28-26-34(41(43)39(40)17-6-2)24-23-33-19-11-10-12-20-33/h10-13,15,18-24,26,28,35,37,43H,3,5-6,8-9,14,16-17,25,27,29-30H2,1-2,4H3/b21-13-,24-23+. The molecule has 0 heterocycles. The third kappa shape index (κ3) is 9.15. The molecule has 43 heavy (non-hydrogen) atoms. The number of benzene rings is 3. The second-order valence-corrected chi connectivity index (χ2v) is 12.4. The minimum atomic E-state index is 0.655. The second kappa shape index (κ2) is 17.2. The summed E-state index contributed by atoms with van der Waals surface area (Å²) >= 11 is 4.92. The maximum absolute atomic E-state index is 6.31. The van der Waals surface area contributed by atoms with Crippen molar-refractivity contribution in [2.75, 3.05) is 6.61 Å². The van der Waals surface area contributed by atoms with Crippen molar-refractivity contribution in [1.29, 1.82) is 0 Å². The summed E-state index contributed by atoms with van der Waals surface area (Å²) in [5, 5.41) is 0. The summed E-state index contributed by atoms with van der Waals surface area (Å²) in [5.41, 5.74) is 12.5. The largest absolute Gasteiger partial charge is 0.493 e. The third-order valence-corrected chi connectivity index (χ3v) is 9.35. The fourth-order valence-corrected chi connectivity index (χ4v) is 6.62. The Balaban J connectivity index is 1.30. The summed E-state index contributed by atoms with van der Waals surface area (Å²) in [6.45, 7) is 11.4. The molecule has 0 radical (unpaired) electrons. The van der Waals surface area contributed by atoms with Crippen LogP contribution in [0.4, 0.5) is 0 Å². The van der Waals surface area contributed by atoms with Crippen LogP contribution in [0.25, 0.3) is 18.2 Å². The number of aryl methyl sites for hydroxylation is 1. The first-order chi connectivity index (χ1) is 21.0. The minimum Gasteiger partial charge on any atom is -0.493 e. The fourth-order valence-electron chi connectivity index (χ4n) is 6.25. The molecule has 1 aliphatic carbocycles. The van der Waals surface area contributed by atoms with E-state index in [4.69, 9.17) is 17.4 Å². The average Bonchev–Trinajstić information content (AvgIpc) is 3.01. The number of rotatable bonds is 16. The van der Waals surface area contributed by atoms with Gasteiger partial charge in [-0.3, -0.25) is 0 Å². The van der Waals surface area contributed by atoms with Gasteiger partial charge < -0.3 is 4.74 Å². The molecule has 1 saturated carbocycles. The summed E-state index contributed by atoms with van der Waals surface area (Å²) in [6.07, 6.45) is 20.4. The smallest absolute Gasteiger partial charge is 0.123 e. The van der Waals surface area contributed by atoms with Crippen LogP contribution in [0.2, 0.25) is 0 Å². The molecule has 2 unspecified atom stereocenters. The Morgan fingerprint density at radius 3 is 2.51 bits per heavy atom. The monoisotopic (exact) mass is 590 g/mol. The number of ether oxygens (including phenoxy) is 1. The third-order valence-electron chi connectivity index (χ3n) is 8.82. The van der Waals surface area contributed by atoms with Crippen LogP contribution in [-0.4, -0.2) is 6.61 Å². The molecular formula is C41H50OS. The predicted octanol–water partition coefficient (Wildman–Crippen LogP) is 12.1. The van der Waals surface area contributed by atoms with Crippen molar-refractivity contribution in [3.05, 3.63) is 118 Å². The molecule has 0 bridgehead atoms. The molecule has 0 aliphatic heterocycles. The maximum Gasteiger partial charge on any atom is 0.123 e. The van der Waals surface area contributed by atoms with Crippen LogP contribution in [0.1, 0.15) is 111 Å². The molecule has 1 fully saturated rings. The van der Waals surface area contributed by atoms with Gasteiger partial charge in [-0.1, -0.05) is 112 Å². The van der Waals surface area contributed by atoms with Gasteiger partial charge in [0.15, 0.2) is 0 Å². The predicted molar refractivity (Wildman–Crippen MR) is 190 cm³/mol. The Bertz CT molecular complexity index is 1420. The van der Waals surface area contributed by atoms with E-state index in [-0.39, 0.29) is 0 Å². The highest BCUT2D eigenvalue weighted by Gasteiger charge is 2.33. The first kappa shape index (κ1) is 32.7. The first-order valence-electron chi connectivity index (χ1n) is 16.4. The van der Waals surface area contributed by atoms with Gasteiger partial charge in [0.25, 0.3) is 0 Å². The number of hydrogen-bond acceptors (Lipinski definition) is 2. The lowest BCUT2D eigenvalue weighted by Gasteiger charge is -2.38. The van der Waals surface area contributed by atoms with E-state index in [2.05, 4.69) is 112 Å². The highest BCUT2D eigenvalue weighted by Crippen LogP contribution is 2.47. The number of thiol groups is 1. The topological polar surface area (TPSA) is 9.23 Å². The molecule has 2 heteroatoms. The van der Waals surface area contributed by atoms with Crippen molar-refractivity contribution in [1.82, 2.24) is 0 Å². The average molecular weight is 591 g/mol. The second-order valence-electron chi connectivity index (χ2n) is 12.0. The van der Waals surface area contributed by atoms with Crippen LogP contribution < -0.4 is 4.74 Å². The van der Waals surface area contributed by atoms with E-state index >= 15 is 0 Å². The molecule has 3 aromatic carbocycles. The van der Waals surface area contributed by atoms with E-state index in [1.54, 1.807) is 0 Å². The van der Waals surface area contributed by atoms with Gasteiger partial charge in [0.1, 0.15) is 5.75 Å². The Morgan fingerprint density at radius 1 is 0.953 bits per heavy atom. The SMILES string of the molecule is C=C=C(CCC)CC1CCC1c1cccc(C)c1/C=C\CCCCOc1ccc(/C=C/c2ccccc2)c(S)c1CCC. The van der Waals surface area contributed by atoms with Gasteiger partial charge in [-0.2, -0.15) is 0 Å². The van der Waals surface area contributed by atoms with Crippen LogP contribution in [0.3, 0.4) is 0 Å². The molecule has 0 amide bonds. The maximum atomic E-state index is 6.31. The van der Waals surface area contributed by atoms with Crippen LogP contribution >= 0.6 is 12.6 Å². The summed E-state index contributed by atoms with van der Waals surface area (Å²) in [7, 11) is 0. The zero-order valence-electron chi connectivity index (χ0n) is 26.6. The summed E-state index contributed by atoms with van der Waals surface area (Å²) in [5.74, 6) is 2.36. The van der Waals surface area contributed by atoms with E-state index in [9.17, 15) is 0 Å². The highest BCUT2D eigenvalue weighted by atomic mass is 32.1. The Morgan fingerprint density at radius 2 is 1.79 bits per heavy atom. The van der Waals surface area contributed by atoms with Gasteiger partial charge in [-0.25, -0.2) is 0 Å². The lowest BCUT2D eigenvalue weighted by Crippen LogP contribution is -2.25. The minimum absolute atomic E-state index is 0.655. The van der Waals surface area contributed by atoms with Gasteiger partial charge in [0, 0.05) is 10.5 Å². The van der Waals surface area contributed by atoms with Crippen LogP contribution in [0.5, 0.6) is 5.75 Å². The fraction of sp³-hybridized carbons (Fsp3) is 0.390. The van der Waals surface area contributed by atoms with E-state index in [1.165, 1.54) is 52.7 Å². The summed E-state index contributed by atoms with van der Waals surface area (Å²) in [6, 6.07) is 21.5. The van der Waals surface area contributed by atoms with Crippen molar-refractivity contribution in [2.45, 2.75) is 95.8 Å². The van der Waals surface area contributed by atoms with E-state index in [1.807, 2.05) is 6.07 Å². The number of unbranched alkanes of at least 4 members (excludes halogenated alkanes) is 2. The van der Waals surface area contributed by atoms with Crippen molar-refractivity contribution < 1.29 is 4.74 Å². The molecule has 0 aromatic heterocycles. The molecule has 2 atom stereocenters. The molecule has 1 nitrogen and oxygen atoms in total. The molecule has 1 aliphatic rings. The van der Waals surface area contributed by atoms with E-state index in [0.29, 0.717) is 5.92 Å². The Hall–Kier alpha value is -3.19. The Labute approximate surface area is 266 Å². The van der Waals surface area contributed by atoms with Crippen molar-refractivity contribution in [3.8, 4) is 5.75 Å². The quantitative estimate of drug-likeness (QED) is 0.0755. The van der Waals surface area contributed by atoms with Gasteiger partial charge in [-0.15, -0.1) is 18.4 Å². The van der Waals surface area contributed by atoms with Crippen molar-refractivity contribution >= 4 is 30.9 Å². The van der Waals surface area contributed by atoms with Gasteiger partial charge in [0.05, 0.1) is 6.61 Å². The highest BCUT2D eigenvalue weighted by molar-refractivity contribution is 7.80. The van der Waals surface area contributed by atoms with Crippen molar-refractivity contribution in [3.63, 3.8) is 0 Å². The molecule has 0 spiro atoms. The first-order valence-corrected chi connectivity index (χ1v) is 16.8. The molecule has 226 valence electrons. The van der Waals surface area contributed by atoms with E-state index < -0.39 is 0 Å². The lowest BCUT2D eigenvalue weighted by atomic mass is 9.66. The molecule has 4 rings (SSSR count). The molecular weight excluding hydrogens is 541 g/mol. The van der Waals surface area contributed by atoms with Gasteiger partial charge in [0.2, 0.25) is 0 Å². The Kier molecular flexibility index (Phi) is 13.1. The molecule has 3 aromatic rings. The van der Waals surface area contributed by atoms with Crippen LogP contribution in [0, 0.1) is 12.8 Å². The summed E-state index contributed by atoms with van der Waals surface area (Å²) < 4.78 is 6.31. The number of hydrogen-bond donors (Lipinski definition) is 1. The van der Waals surface area contributed by atoms with Crippen molar-refractivity contribution in [2.24, 2.45) is 5.92 Å². The van der Waals surface area contributed by atoms with Crippen LogP contribution in [0.15, 0.2) is 89.5 Å². The van der Waals surface area contributed by atoms with Gasteiger partial charge in [-0.05, 0) is 110 Å². The van der Waals surface area contributed by atoms with Crippen LogP contribution in [-0.2, 0) is 6.42 Å². The lowest BCUT2D eigenvalue weighted by molar-refractivity contribution is 0.251. The zero-order valence-corrected chi connectivity index (χ0v) is 27.5. The number of allylic oxidation sites excluding steroid dienone is 2. The molecule has 0 N–H and O–H groups in total. The van der Waals surface area contributed by atoms with E-state index in [0.717, 1.165) is 73.7 Å². The summed E-state index contributed by atoms with van der Waals surface area (Å²) in [4.78, 5) is 1.03.